The molecule has 6 nitrogen and oxygen atoms in total. The minimum atomic E-state index is -0.221. The first-order chi connectivity index (χ1) is 8.43. The molecule has 0 saturated carbocycles. The van der Waals surface area contributed by atoms with Crippen molar-refractivity contribution in [3.63, 3.8) is 0 Å². The molecule has 0 aromatic rings. The first-order valence-corrected chi connectivity index (χ1v) is 6.41. The van der Waals surface area contributed by atoms with Crippen molar-refractivity contribution in [2.45, 2.75) is 26.8 Å². The number of rotatable bonds is 7. The molecule has 0 aromatic carbocycles. The number of likely N-dealkylation sites (N-methyl/N-ethyl adjacent to an activating group) is 1. The molecular weight excluding hydrogens is 232 g/mol. The fourth-order valence-electron chi connectivity index (χ4n) is 1.51. The Morgan fingerprint density at radius 3 is 2.11 bits per heavy atom. The van der Waals surface area contributed by atoms with Crippen molar-refractivity contribution >= 4 is 11.9 Å². The average molecular weight is 258 g/mol. The summed E-state index contributed by atoms with van der Waals surface area (Å²) in [5.74, 6) is 0.0962. The quantitative estimate of drug-likeness (QED) is 0.637. The third-order valence-corrected chi connectivity index (χ3v) is 2.70. The van der Waals surface area contributed by atoms with E-state index >= 15 is 0 Å². The van der Waals surface area contributed by atoms with Crippen LogP contribution in [0.3, 0.4) is 0 Å². The van der Waals surface area contributed by atoms with Crippen LogP contribution in [0.1, 0.15) is 20.8 Å². The number of carbonyl (C=O) groups is 2. The van der Waals surface area contributed by atoms with Gasteiger partial charge in [0.15, 0.2) is 0 Å². The molecule has 1 atom stereocenters. The topological polar surface area (TPSA) is 64.7 Å². The predicted molar refractivity (Wildman–Crippen MR) is 72.5 cm³/mol. The van der Waals surface area contributed by atoms with Crippen molar-refractivity contribution < 1.29 is 9.59 Å². The van der Waals surface area contributed by atoms with Gasteiger partial charge in [-0.15, -0.1) is 0 Å². The molecule has 0 aromatic heterocycles. The summed E-state index contributed by atoms with van der Waals surface area (Å²) in [6.07, 6.45) is 0. The molecule has 0 aliphatic carbocycles. The molecule has 0 bridgehead atoms. The van der Waals surface area contributed by atoms with Crippen LogP contribution in [0, 0.1) is 0 Å². The van der Waals surface area contributed by atoms with Crippen LogP contribution in [0.4, 0.5) is 4.79 Å². The molecule has 106 valence electrons. The fraction of sp³-hybridized carbons (Fsp3) is 0.833. The van der Waals surface area contributed by atoms with E-state index in [1.165, 1.54) is 4.90 Å². The molecule has 6 heteroatoms. The molecule has 0 fully saturated rings. The molecule has 18 heavy (non-hydrogen) atoms. The molecule has 1 unspecified atom stereocenters. The summed E-state index contributed by atoms with van der Waals surface area (Å²) in [6, 6.07) is -0.347. The van der Waals surface area contributed by atoms with Crippen molar-refractivity contribution in [3.8, 4) is 0 Å². The number of carbonyl (C=O) groups excluding carboxylic acids is 2. The standard InChI is InChI=1S/C12H26N4O2/c1-6-16(7-2)11(17)10(3)13-8-9-14-12(18)15(4)5/h10,13H,6-9H2,1-5H3,(H,14,18). The summed E-state index contributed by atoms with van der Waals surface area (Å²) >= 11 is 0. The monoisotopic (exact) mass is 258 g/mol. The van der Waals surface area contributed by atoms with E-state index in [2.05, 4.69) is 10.6 Å². The smallest absolute Gasteiger partial charge is 0.316 e. The van der Waals surface area contributed by atoms with Crippen LogP contribution in [-0.4, -0.2) is 68.1 Å². The van der Waals surface area contributed by atoms with Crippen molar-refractivity contribution in [1.29, 1.82) is 0 Å². The van der Waals surface area contributed by atoms with E-state index in [4.69, 9.17) is 0 Å². The van der Waals surface area contributed by atoms with Crippen LogP contribution in [0.5, 0.6) is 0 Å². The van der Waals surface area contributed by atoms with Gasteiger partial charge in [0.25, 0.3) is 0 Å². The maximum absolute atomic E-state index is 11.9. The highest BCUT2D eigenvalue weighted by molar-refractivity contribution is 5.81. The fourth-order valence-corrected chi connectivity index (χ4v) is 1.51. The van der Waals surface area contributed by atoms with Gasteiger partial charge in [-0.25, -0.2) is 4.79 Å². The van der Waals surface area contributed by atoms with E-state index in [9.17, 15) is 9.59 Å². The second-order valence-corrected chi connectivity index (χ2v) is 4.31. The van der Waals surface area contributed by atoms with Gasteiger partial charge in [-0.05, 0) is 20.8 Å². The number of nitrogens with zero attached hydrogens (tertiary/aromatic N) is 2. The number of urea groups is 1. The molecule has 2 N–H and O–H groups in total. The summed E-state index contributed by atoms with van der Waals surface area (Å²) in [6.45, 7) is 8.29. The highest BCUT2D eigenvalue weighted by Gasteiger charge is 2.16. The summed E-state index contributed by atoms with van der Waals surface area (Å²) in [5.41, 5.74) is 0. The van der Waals surface area contributed by atoms with E-state index in [0.717, 1.165) is 13.1 Å². The van der Waals surface area contributed by atoms with Gasteiger partial charge >= 0.3 is 6.03 Å². The van der Waals surface area contributed by atoms with Crippen molar-refractivity contribution in [2.75, 3.05) is 40.3 Å². The van der Waals surface area contributed by atoms with E-state index in [1.54, 1.807) is 19.0 Å². The second kappa shape index (κ2) is 8.74. The van der Waals surface area contributed by atoms with E-state index < -0.39 is 0 Å². The Kier molecular flexibility index (Phi) is 8.11. The molecule has 0 spiro atoms. The lowest BCUT2D eigenvalue weighted by Crippen LogP contribution is -2.47. The van der Waals surface area contributed by atoms with Crippen LogP contribution in [0.15, 0.2) is 0 Å². The van der Waals surface area contributed by atoms with Crippen LogP contribution in [0.25, 0.3) is 0 Å². The van der Waals surface area contributed by atoms with Crippen molar-refractivity contribution in [3.05, 3.63) is 0 Å². The molecule has 0 saturated heterocycles. The largest absolute Gasteiger partial charge is 0.342 e. The zero-order valence-electron chi connectivity index (χ0n) is 12.1. The van der Waals surface area contributed by atoms with Gasteiger partial charge in [0.1, 0.15) is 0 Å². The van der Waals surface area contributed by atoms with Crippen LogP contribution >= 0.6 is 0 Å². The average Bonchev–Trinajstić information content (AvgIpc) is 2.35. The Hall–Kier alpha value is -1.30. The van der Waals surface area contributed by atoms with E-state index in [1.807, 2.05) is 20.8 Å². The highest BCUT2D eigenvalue weighted by Crippen LogP contribution is 1.94. The predicted octanol–water partition coefficient (Wildman–Crippen LogP) is 0.104. The number of amides is 3. The van der Waals surface area contributed by atoms with E-state index in [0.29, 0.717) is 13.1 Å². The minimum Gasteiger partial charge on any atom is -0.342 e. The lowest BCUT2D eigenvalue weighted by Gasteiger charge is -2.23. The number of nitrogens with one attached hydrogen (secondary N) is 2. The first-order valence-electron chi connectivity index (χ1n) is 6.41. The first kappa shape index (κ1) is 16.7. The highest BCUT2D eigenvalue weighted by atomic mass is 16.2. The van der Waals surface area contributed by atoms with Crippen LogP contribution in [-0.2, 0) is 4.79 Å². The Bertz CT molecular complexity index is 265. The van der Waals surface area contributed by atoms with Gasteiger partial charge in [0, 0.05) is 40.3 Å². The van der Waals surface area contributed by atoms with Gasteiger partial charge in [-0.2, -0.15) is 0 Å². The summed E-state index contributed by atoms with van der Waals surface area (Å²) in [4.78, 5) is 26.4. The molecule has 0 rings (SSSR count). The maximum atomic E-state index is 11.9. The van der Waals surface area contributed by atoms with Gasteiger partial charge in [0.2, 0.25) is 5.91 Å². The summed E-state index contributed by atoms with van der Waals surface area (Å²) in [7, 11) is 3.38. The van der Waals surface area contributed by atoms with Gasteiger partial charge < -0.3 is 20.4 Å². The van der Waals surface area contributed by atoms with Gasteiger partial charge in [0.05, 0.1) is 6.04 Å². The third kappa shape index (κ3) is 5.86. The maximum Gasteiger partial charge on any atom is 0.316 e. The molecular formula is C12H26N4O2. The molecule has 0 aliphatic heterocycles. The molecule has 0 aliphatic rings. The number of hydrogen-bond acceptors (Lipinski definition) is 3. The van der Waals surface area contributed by atoms with Gasteiger partial charge in [-0.3, -0.25) is 4.79 Å². The molecule has 3 amide bonds. The second-order valence-electron chi connectivity index (χ2n) is 4.31. The minimum absolute atomic E-state index is 0.0962. The normalized spacial score (nSPS) is 11.8. The van der Waals surface area contributed by atoms with Crippen molar-refractivity contribution in [2.24, 2.45) is 0 Å². The van der Waals surface area contributed by atoms with Crippen molar-refractivity contribution in [1.82, 2.24) is 20.4 Å². The van der Waals surface area contributed by atoms with E-state index in [-0.39, 0.29) is 18.0 Å². The molecule has 0 radical (unpaired) electrons. The Balaban J connectivity index is 3.86. The zero-order chi connectivity index (χ0) is 14.1. The number of hydrogen-bond donors (Lipinski definition) is 2. The Morgan fingerprint density at radius 2 is 1.67 bits per heavy atom. The lowest BCUT2D eigenvalue weighted by molar-refractivity contribution is -0.132. The SMILES string of the molecule is CCN(CC)C(=O)C(C)NCCNC(=O)N(C)C. The summed E-state index contributed by atoms with van der Waals surface area (Å²) in [5, 5.41) is 5.83. The Labute approximate surface area is 110 Å². The lowest BCUT2D eigenvalue weighted by atomic mass is 10.3. The molecule has 0 heterocycles. The van der Waals surface area contributed by atoms with Gasteiger partial charge in [-0.1, -0.05) is 0 Å². The zero-order valence-corrected chi connectivity index (χ0v) is 12.1. The van der Waals surface area contributed by atoms with Crippen LogP contribution in [0.2, 0.25) is 0 Å². The third-order valence-electron chi connectivity index (χ3n) is 2.70. The Morgan fingerprint density at radius 1 is 1.11 bits per heavy atom. The summed E-state index contributed by atoms with van der Waals surface area (Å²) < 4.78 is 0. The van der Waals surface area contributed by atoms with Crippen LogP contribution < -0.4 is 10.6 Å².